The van der Waals surface area contributed by atoms with Gasteiger partial charge in [0.15, 0.2) is 31.2 Å². The molecule has 1 aromatic carbocycles. The van der Waals surface area contributed by atoms with E-state index in [-0.39, 0.29) is 30.7 Å². The molecule has 0 aliphatic carbocycles. The van der Waals surface area contributed by atoms with E-state index in [9.17, 15) is 26.3 Å². The molecule has 0 atom stereocenters. The molecule has 0 saturated heterocycles. The number of nitrogens with zero attached hydrogens (tertiary/aromatic N) is 3. The fourth-order valence-corrected chi connectivity index (χ4v) is 4.33. The van der Waals surface area contributed by atoms with Crippen molar-refractivity contribution in [1.82, 2.24) is 10.1 Å². The third-order valence-corrected chi connectivity index (χ3v) is 6.19. The minimum absolute atomic E-state index is 0.0583. The average molecular weight is 542 g/mol. The molecule has 1 aliphatic heterocycles. The van der Waals surface area contributed by atoms with Crippen LogP contribution in [0.5, 0.6) is 5.75 Å². The van der Waals surface area contributed by atoms with Crippen LogP contribution < -0.4 is 10.3 Å². The highest BCUT2D eigenvalue weighted by Crippen LogP contribution is 2.43. The second kappa shape index (κ2) is 9.64. The molecule has 194 valence electrons. The van der Waals surface area contributed by atoms with E-state index in [1.807, 2.05) is 0 Å². The maximum absolute atomic E-state index is 14.3. The summed E-state index contributed by atoms with van der Waals surface area (Å²) in [5.41, 5.74) is 3.51. The van der Waals surface area contributed by atoms with E-state index >= 15 is 0 Å². The van der Waals surface area contributed by atoms with Gasteiger partial charge in [-0.05, 0) is 37.1 Å². The summed E-state index contributed by atoms with van der Waals surface area (Å²) < 4.78 is 98.3. The third kappa shape index (κ3) is 4.96. The molecule has 0 spiro atoms. The smallest absolute Gasteiger partial charge is 0.434 e. The topological polar surface area (TPSA) is 95.8 Å². The van der Waals surface area contributed by atoms with Crippen molar-refractivity contribution in [3.05, 3.63) is 64.7 Å². The summed E-state index contributed by atoms with van der Waals surface area (Å²) >= 11 is 0. The van der Waals surface area contributed by atoms with Gasteiger partial charge in [0.05, 0.1) is 22.3 Å². The quantitative estimate of drug-likeness (QED) is 0.233. The standard InChI is InChI=1S/C23H17F6N4O3P/c1-10-5-4-6-14-15(10)17-16(21(34-3)37-36-14)18(35-33-17)13(8-30)19(23(27,28)29)32-20-11(2)7-12(9-31-20)22(24,25)26/h4-9H,30H2,1-3H3. The SMILES string of the molecule is COC1=POc2cccc(C)c2-c2noc(C(=CN)C(=Nc3ncc(C(F)(F)F)cc3C)C(F)(F)F)c21. The Kier molecular flexibility index (Phi) is 6.87. The fraction of sp³-hybridized carbons (Fsp3) is 0.217. The molecule has 0 saturated carbocycles. The second-order valence-corrected chi connectivity index (χ2v) is 8.55. The lowest BCUT2D eigenvalue weighted by Gasteiger charge is -2.14. The predicted octanol–water partition coefficient (Wildman–Crippen LogP) is 6.38. The van der Waals surface area contributed by atoms with Gasteiger partial charge < -0.3 is 19.5 Å². The number of methoxy groups -OCH3 is 1. The second-order valence-electron chi connectivity index (χ2n) is 7.78. The van der Waals surface area contributed by atoms with Crippen molar-refractivity contribution in [2.75, 3.05) is 7.11 Å². The number of hydrogen-bond donors (Lipinski definition) is 1. The Bertz CT molecular complexity index is 1460. The predicted molar refractivity (Wildman–Crippen MR) is 125 cm³/mol. The number of alkyl halides is 6. The van der Waals surface area contributed by atoms with Gasteiger partial charge in [-0.15, -0.1) is 0 Å². The molecule has 0 unspecified atom stereocenters. The number of benzene rings is 1. The van der Waals surface area contributed by atoms with Crippen LogP contribution in [-0.2, 0) is 10.9 Å². The van der Waals surface area contributed by atoms with Crippen molar-refractivity contribution in [1.29, 1.82) is 0 Å². The van der Waals surface area contributed by atoms with Gasteiger partial charge in [-0.25, -0.2) is 9.98 Å². The van der Waals surface area contributed by atoms with Crippen molar-refractivity contribution in [2.45, 2.75) is 26.2 Å². The van der Waals surface area contributed by atoms with Crippen LogP contribution in [-0.4, -0.2) is 34.6 Å². The lowest BCUT2D eigenvalue weighted by Crippen LogP contribution is -2.25. The summed E-state index contributed by atoms with van der Waals surface area (Å²) in [6, 6.07) is 5.81. The maximum Gasteiger partial charge on any atom is 0.434 e. The first kappa shape index (κ1) is 26.4. The number of halogens is 6. The molecule has 3 aromatic rings. The van der Waals surface area contributed by atoms with Crippen molar-refractivity contribution < 1.29 is 40.1 Å². The number of aromatic nitrogens is 2. The van der Waals surface area contributed by atoms with Crippen molar-refractivity contribution in [3.63, 3.8) is 0 Å². The van der Waals surface area contributed by atoms with Gasteiger partial charge in [-0.1, -0.05) is 17.3 Å². The van der Waals surface area contributed by atoms with Crippen LogP contribution in [0.25, 0.3) is 16.8 Å². The molecular formula is C23H17F6N4O3P. The van der Waals surface area contributed by atoms with Crippen LogP contribution in [0, 0.1) is 13.8 Å². The summed E-state index contributed by atoms with van der Waals surface area (Å²) in [6.45, 7) is 2.92. The van der Waals surface area contributed by atoms with Crippen LogP contribution in [0.3, 0.4) is 0 Å². The van der Waals surface area contributed by atoms with Gasteiger partial charge in [0.1, 0.15) is 11.4 Å². The molecule has 37 heavy (non-hydrogen) atoms. The first-order chi connectivity index (χ1) is 17.4. The number of hydrogen-bond acceptors (Lipinski definition) is 7. The minimum atomic E-state index is -5.11. The summed E-state index contributed by atoms with van der Waals surface area (Å²) in [4.78, 5) is 7.06. The normalized spacial score (nSPS) is 14.9. The summed E-state index contributed by atoms with van der Waals surface area (Å²) in [5, 5.41) is 3.99. The van der Waals surface area contributed by atoms with Gasteiger partial charge in [0, 0.05) is 19.5 Å². The summed E-state index contributed by atoms with van der Waals surface area (Å²) in [5.74, 6) is -0.589. The molecule has 2 N–H and O–H groups in total. The van der Waals surface area contributed by atoms with Crippen molar-refractivity contribution >= 4 is 31.0 Å². The number of rotatable bonds is 4. The van der Waals surface area contributed by atoms with Crippen molar-refractivity contribution in [2.24, 2.45) is 10.7 Å². The first-order valence-electron chi connectivity index (χ1n) is 10.4. The Morgan fingerprint density at radius 1 is 1.11 bits per heavy atom. The lowest BCUT2D eigenvalue weighted by atomic mass is 9.97. The Balaban J connectivity index is 1.93. The van der Waals surface area contributed by atoms with Gasteiger partial charge in [-0.3, -0.25) is 0 Å². The van der Waals surface area contributed by atoms with E-state index in [0.29, 0.717) is 35.3 Å². The Labute approximate surface area is 207 Å². The molecule has 0 amide bonds. The number of aliphatic imine (C=N–C) groups is 1. The Morgan fingerprint density at radius 3 is 2.43 bits per heavy atom. The largest absolute Gasteiger partial charge is 0.436 e. The molecule has 7 nitrogen and oxygen atoms in total. The van der Waals surface area contributed by atoms with E-state index in [4.69, 9.17) is 19.5 Å². The third-order valence-electron chi connectivity index (χ3n) is 5.33. The van der Waals surface area contributed by atoms with Gasteiger partial charge >= 0.3 is 12.4 Å². The van der Waals surface area contributed by atoms with Crippen LogP contribution in [0.15, 0.2) is 46.2 Å². The molecule has 4 rings (SSSR count). The highest BCUT2D eigenvalue weighted by atomic mass is 31.1. The molecule has 2 aromatic heterocycles. The monoisotopic (exact) mass is 542 g/mol. The van der Waals surface area contributed by atoms with E-state index in [2.05, 4.69) is 15.1 Å². The van der Waals surface area contributed by atoms with E-state index < -0.39 is 40.8 Å². The Hall–Kier alpha value is -3.70. The summed E-state index contributed by atoms with van der Waals surface area (Å²) in [7, 11) is 1.45. The minimum Gasteiger partial charge on any atom is -0.436 e. The molecule has 1 aliphatic rings. The number of nitrogens with two attached hydrogens (primary N) is 1. The van der Waals surface area contributed by atoms with Crippen molar-refractivity contribution in [3.8, 4) is 17.0 Å². The average Bonchev–Trinajstić information content (AvgIpc) is 3.15. The van der Waals surface area contributed by atoms with E-state index in [0.717, 1.165) is 6.92 Å². The van der Waals surface area contributed by atoms with Crippen LogP contribution in [0.4, 0.5) is 32.2 Å². The zero-order valence-corrected chi connectivity index (χ0v) is 20.2. The zero-order chi connectivity index (χ0) is 27.1. The number of fused-ring (bicyclic) bond motifs is 3. The number of pyridine rings is 1. The maximum atomic E-state index is 14.3. The highest BCUT2D eigenvalue weighted by molar-refractivity contribution is 7.36. The molecule has 3 heterocycles. The van der Waals surface area contributed by atoms with Crippen LogP contribution >= 0.6 is 8.43 Å². The van der Waals surface area contributed by atoms with Crippen LogP contribution in [0.2, 0.25) is 0 Å². The first-order valence-corrected chi connectivity index (χ1v) is 11.2. The zero-order valence-electron chi connectivity index (χ0n) is 19.3. The number of ether oxygens (including phenoxy) is 1. The summed E-state index contributed by atoms with van der Waals surface area (Å²) in [6.07, 6.45) is -8.81. The molecule has 0 fully saturated rings. The lowest BCUT2D eigenvalue weighted by molar-refractivity contribution is -0.137. The fourth-order valence-electron chi connectivity index (χ4n) is 3.62. The Morgan fingerprint density at radius 2 is 1.84 bits per heavy atom. The molecule has 0 radical (unpaired) electrons. The molecular weight excluding hydrogens is 525 g/mol. The number of allylic oxidation sites excluding steroid dienone is 1. The van der Waals surface area contributed by atoms with Gasteiger partial charge in [0.25, 0.3) is 0 Å². The van der Waals surface area contributed by atoms with Gasteiger partial charge in [-0.2, -0.15) is 26.3 Å². The highest BCUT2D eigenvalue weighted by Gasteiger charge is 2.42. The van der Waals surface area contributed by atoms with Gasteiger partial charge in [0.2, 0.25) is 0 Å². The van der Waals surface area contributed by atoms with E-state index in [1.54, 1.807) is 25.1 Å². The molecule has 14 heteroatoms. The molecule has 0 bridgehead atoms. The number of aryl methyl sites for hydroxylation is 2. The van der Waals surface area contributed by atoms with Crippen LogP contribution in [0.1, 0.15) is 28.0 Å². The van der Waals surface area contributed by atoms with E-state index in [1.165, 1.54) is 7.11 Å².